The van der Waals surface area contributed by atoms with Gasteiger partial charge in [-0.25, -0.2) is 13.1 Å². The van der Waals surface area contributed by atoms with Crippen molar-refractivity contribution in [3.05, 3.63) is 29.8 Å². The molecule has 1 saturated heterocycles. The predicted octanol–water partition coefficient (Wildman–Crippen LogP) is 1.64. The smallest absolute Gasteiger partial charge is 0.240 e. The van der Waals surface area contributed by atoms with Gasteiger partial charge in [-0.2, -0.15) is 0 Å². The molecule has 2 N–H and O–H groups in total. The van der Waals surface area contributed by atoms with E-state index >= 15 is 0 Å². The van der Waals surface area contributed by atoms with E-state index in [1.54, 1.807) is 12.1 Å². The van der Waals surface area contributed by atoms with Crippen LogP contribution in [0.4, 0.5) is 0 Å². The van der Waals surface area contributed by atoms with Gasteiger partial charge in [-0.3, -0.25) is 0 Å². The Balaban J connectivity index is 1.99. The van der Waals surface area contributed by atoms with Gasteiger partial charge in [0.15, 0.2) is 0 Å². The first-order chi connectivity index (χ1) is 9.97. The van der Waals surface area contributed by atoms with Crippen molar-refractivity contribution in [1.29, 1.82) is 0 Å². The normalized spacial score (nSPS) is 17.3. The third-order valence-electron chi connectivity index (χ3n) is 3.49. The molecule has 0 saturated carbocycles. The lowest BCUT2D eigenvalue weighted by Crippen LogP contribution is -2.38. The summed E-state index contributed by atoms with van der Waals surface area (Å²) in [6, 6.07) is 7.43. The molecular formula is C15H24N2O3S. The second-order valence-electron chi connectivity index (χ2n) is 5.69. The zero-order valence-electron chi connectivity index (χ0n) is 12.6. The highest BCUT2D eigenvalue weighted by molar-refractivity contribution is 7.89. The SMILES string of the molecule is CC(C)NCc1ccc(S(=O)(=O)NC2CCOCC2)cc1. The minimum Gasteiger partial charge on any atom is -0.381 e. The van der Waals surface area contributed by atoms with E-state index in [1.807, 2.05) is 12.1 Å². The van der Waals surface area contributed by atoms with Gasteiger partial charge in [-0.1, -0.05) is 26.0 Å². The van der Waals surface area contributed by atoms with E-state index in [9.17, 15) is 8.42 Å². The van der Waals surface area contributed by atoms with Crippen LogP contribution in [0.15, 0.2) is 29.2 Å². The Morgan fingerprint density at radius 2 is 1.81 bits per heavy atom. The van der Waals surface area contributed by atoms with Crippen LogP contribution in [0.5, 0.6) is 0 Å². The fourth-order valence-electron chi connectivity index (χ4n) is 2.21. The summed E-state index contributed by atoms with van der Waals surface area (Å²) < 4.78 is 32.6. The molecule has 21 heavy (non-hydrogen) atoms. The fraction of sp³-hybridized carbons (Fsp3) is 0.600. The quantitative estimate of drug-likeness (QED) is 0.838. The summed E-state index contributed by atoms with van der Waals surface area (Å²) in [6.45, 7) is 6.14. The summed E-state index contributed by atoms with van der Waals surface area (Å²) in [5, 5.41) is 3.31. The average molecular weight is 312 g/mol. The molecule has 0 unspecified atom stereocenters. The van der Waals surface area contributed by atoms with E-state index in [-0.39, 0.29) is 6.04 Å². The predicted molar refractivity (Wildman–Crippen MR) is 82.6 cm³/mol. The van der Waals surface area contributed by atoms with Crippen molar-refractivity contribution >= 4 is 10.0 Å². The van der Waals surface area contributed by atoms with Gasteiger partial charge in [0.05, 0.1) is 4.90 Å². The van der Waals surface area contributed by atoms with Crippen LogP contribution >= 0.6 is 0 Å². The number of hydrogen-bond acceptors (Lipinski definition) is 4. The first-order valence-electron chi connectivity index (χ1n) is 7.40. The van der Waals surface area contributed by atoms with Crippen LogP contribution in [-0.4, -0.2) is 33.7 Å². The molecule has 118 valence electrons. The molecule has 2 rings (SSSR count). The van der Waals surface area contributed by atoms with Crippen LogP contribution < -0.4 is 10.0 Å². The van der Waals surface area contributed by atoms with E-state index in [2.05, 4.69) is 23.9 Å². The van der Waals surface area contributed by atoms with Gasteiger partial charge in [0.1, 0.15) is 0 Å². The summed E-state index contributed by atoms with van der Waals surface area (Å²) in [6.07, 6.45) is 1.46. The molecule has 1 aliphatic rings. The van der Waals surface area contributed by atoms with Gasteiger partial charge in [0, 0.05) is 31.8 Å². The van der Waals surface area contributed by atoms with Crippen molar-refractivity contribution < 1.29 is 13.2 Å². The minimum absolute atomic E-state index is 0.0222. The van der Waals surface area contributed by atoms with Crippen molar-refractivity contribution in [2.24, 2.45) is 0 Å². The van der Waals surface area contributed by atoms with Crippen molar-refractivity contribution in [1.82, 2.24) is 10.0 Å². The molecule has 0 aliphatic carbocycles. The van der Waals surface area contributed by atoms with Crippen molar-refractivity contribution in [2.75, 3.05) is 13.2 Å². The molecule has 0 amide bonds. The Hall–Kier alpha value is -0.950. The second kappa shape index (κ2) is 7.35. The average Bonchev–Trinajstić information content (AvgIpc) is 2.46. The Morgan fingerprint density at radius 1 is 1.19 bits per heavy atom. The number of rotatable bonds is 6. The summed E-state index contributed by atoms with van der Waals surface area (Å²) in [5.74, 6) is 0. The van der Waals surface area contributed by atoms with Crippen molar-refractivity contribution in [3.8, 4) is 0 Å². The number of sulfonamides is 1. The molecule has 0 bridgehead atoms. The van der Waals surface area contributed by atoms with Crippen molar-refractivity contribution in [2.45, 2.75) is 50.2 Å². The molecule has 0 atom stereocenters. The van der Waals surface area contributed by atoms with Crippen LogP contribution in [0.3, 0.4) is 0 Å². The maximum absolute atomic E-state index is 12.3. The summed E-state index contributed by atoms with van der Waals surface area (Å²) in [7, 11) is -3.43. The third-order valence-corrected chi connectivity index (χ3v) is 5.03. The fourth-order valence-corrected chi connectivity index (χ4v) is 3.52. The Bertz CT molecular complexity index is 535. The highest BCUT2D eigenvalue weighted by Gasteiger charge is 2.21. The lowest BCUT2D eigenvalue weighted by atomic mass is 10.1. The standard InChI is InChI=1S/C15H24N2O3S/c1-12(2)16-11-13-3-5-15(6-4-13)21(18,19)17-14-7-9-20-10-8-14/h3-6,12,14,16-17H,7-11H2,1-2H3. The number of hydrogen-bond donors (Lipinski definition) is 2. The summed E-state index contributed by atoms with van der Waals surface area (Å²) in [4.78, 5) is 0.322. The van der Waals surface area contributed by atoms with Crippen LogP contribution in [0.2, 0.25) is 0 Å². The lowest BCUT2D eigenvalue weighted by Gasteiger charge is -2.23. The summed E-state index contributed by atoms with van der Waals surface area (Å²) in [5.41, 5.74) is 1.08. The molecular weight excluding hydrogens is 288 g/mol. The van der Waals surface area contributed by atoms with Gasteiger partial charge in [-0.05, 0) is 30.5 Å². The highest BCUT2D eigenvalue weighted by Crippen LogP contribution is 2.14. The van der Waals surface area contributed by atoms with Crippen LogP contribution in [0, 0.1) is 0 Å². The molecule has 0 spiro atoms. The minimum atomic E-state index is -3.43. The first kappa shape index (κ1) is 16.4. The highest BCUT2D eigenvalue weighted by atomic mass is 32.2. The van der Waals surface area contributed by atoms with E-state index in [1.165, 1.54) is 0 Å². The van der Waals surface area contributed by atoms with Crippen molar-refractivity contribution in [3.63, 3.8) is 0 Å². The largest absolute Gasteiger partial charge is 0.381 e. The van der Waals surface area contributed by atoms with Crippen LogP contribution in [-0.2, 0) is 21.3 Å². The zero-order valence-corrected chi connectivity index (χ0v) is 13.4. The zero-order chi connectivity index (χ0) is 15.3. The maximum Gasteiger partial charge on any atom is 0.240 e. The van der Waals surface area contributed by atoms with Gasteiger partial charge in [-0.15, -0.1) is 0 Å². The molecule has 1 aromatic carbocycles. The van der Waals surface area contributed by atoms with Gasteiger partial charge in [0.25, 0.3) is 0 Å². The number of nitrogens with one attached hydrogen (secondary N) is 2. The molecule has 1 fully saturated rings. The number of ether oxygens (including phenoxy) is 1. The van der Waals surface area contributed by atoms with E-state index < -0.39 is 10.0 Å². The van der Waals surface area contributed by atoms with E-state index in [0.717, 1.165) is 24.9 Å². The van der Waals surface area contributed by atoms with E-state index in [0.29, 0.717) is 24.2 Å². The molecule has 6 heteroatoms. The molecule has 0 radical (unpaired) electrons. The van der Waals surface area contributed by atoms with Crippen LogP contribution in [0.25, 0.3) is 0 Å². The molecule has 1 aliphatic heterocycles. The first-order valence-corrected chi connectivity index (χ1v) is 8.88. The van der Waals surface area contributed by atoms with Gasteiger partial charge < -0.3 is 10.1 Å². The Labute approximate surface area is 127 Å². The third kappa shape index (κ3) is 5.07. The monoisotopic (exact) mass is 312 g/mol. The summed E-state index contributed by atoms with van der Waals surface area (Å²) >= 11 is 0. The molecule has 0 aromatic heterocycles. The molecule has 1 aromatic rings. The number of benzene rings is 1. The second-order valence-corrected chi connectivity index (χ2v) is 7.40. The van der Waals surface area contributed by atoms with Gasteiger partial charge in [0.2, 0.25) is 10.0 Å². The molecule has 5 nitrogen and oxygen atoms in total. The topological polar surface area (TPSA) is 67.4 Å². The molecule has 1 heterocycles. The van der Waals surface area contributed by atoms with E-state index in [4.69, 9.17) is 4.74 Å². The van der Waals surface area contributed by atoms with Crippen LogP contribution in [0.1, 0.15) is 32.3 Å². The Kier molecular flexibility index (Phi) is 5.75. The Morgan fingerprint density at radius 3 is 2.38 bits per heavy atom. The van der Waals surface area contributed by atoms with Gasteiger partial charge >= 0.3 is 0 Å². The lowest BCUT2D eigenvalue weighted by molar-refractivity contribution is 0.0832. The maximum atomic E-state index is 12.3.